The van der Waals surface area contributed by atoms with Crippen LogP contribution in [0, 0.1) is 6.92 Å². The first-order valence-corrected chi connectivity index (χ1v) is 12.2. The number of halogens is 1. The van der Waals surface area contributed by atoms with Gasteiger partial charge in [0.2, 0.25) is 11.8 Å². The van der Waals surface area contributed by atoms with Crippen LogP contribution in [0.3, 0.4) is 0 Å². The van der Waals surface area contributed by atoms with E-state index in [1.807, 2.05) is 76.2 Å². The molecule has 2 aromatic rings. The summed E-state index contributed by atoms with van der Waals surface area (Å²) in [6.07, 6.45) is 1.79. The van der Waals surface area contributed by atoms with Crippen LogP contribution in [-0.4, -0.2) is 34.6 Å². The van der Waals surface area contributed by atoms with Crippen LogP contribution >= 0.6 is 23.4 Å². The van der Waals surface area contributed by atoms with Gasteiger partial charge < -0.3 is 10.2 Å². The van der Waals surface area contributed by atoms with Crippen molar-refractivity contribution in [1.82, 2.24) is 10.2 Å². The van der Waals surface area contributed by atoms with Gasteiger partial charge in [0.25, 0.3) is 0 Å². The highest BCUT2D eigenvalue weighted by molar-refractivity contribution is 7.99. The molecule has 168 valence electrons. The highest BCUT2D eigenvalue weighted by Crippen LogP contribution is 2.22. The second-order valence-electron chi connectivity index (χ2n) is 7.74. The molecule has 0 aliphatic rings. The number of hydrogen-bond donors (Lipinski definition) is 1. The van der Waals surface area contributed by atoms with Crippen LogP contribution in [0.5, 0.6) is 0 Å². The van der Waals surface area contributed by atoms with E-state index in [9.17, 15) is 9.59 Å². The molecule has 0 spiro atoms. The first-order valence-electron chi connectivity index (χ1n) is 10.9. The Kier molecular flexibility index (Phi) is 10.4. The van der Waals surface area contributed by atoms with E-state index in [0.717, 1.165) is 22.4 Å². The number of benzene rings is 2. The minimum atomic E-state index is -0.485. The normalized spacial score (nSPS) is 12.8. The van der Waals surface area contributed by atoms with Gasteiger partial charge in [-0.1, -0.05) is 49.7 Å². The number of carbonyl (C=O) groups is 2. The van der Waals surface area contributed by atoms with Gasteiger partial charge in [0.1, 0.15) is 6.04 Å². The van der Waals surface area contributed by atoms with Crippen LogP contribution in [0.4, 0.5) is 0 Å². The van der Waals surface area contributed by atoms with Crippen LogP contribution in [0.1, 0.15) is 51.2 Å². The Balaban J connectivity index is 2.14. The predicted molar refractivity (Wildman–Crippen MR) is 130 cm³/mol. The zero-order valence-corrected chi connectivity index (χ0v) is 20.4. The van der Waals surface area contributed by atoms with Crippen molar-refractivity contribution >= 4 is 35.2 Å². The molecule has 2 amide bonds. The molecule has 2 atom stereocenters. The molecule has 1 N–H and O–H groups in total. The summed E-state index contributed by atoms with van der Waals surface area (Å²) in [4.78, 5) is 29.1. The first-order chi connectivity index (χ1) is 14.8. The van der Waals surface area contributed by atoms with Crippen molar-refractivity contribution in [3.63, 3.8) is 0 Å². The molecule has 6 heteroatoms. The largest absolute Gasteiger partial charge is 0.352 e. The van der Waals surface area contributed by atoms with Gasteiger partial charge in [-0.15, -0.1) is 11.8 Å². The topological polar surface area (TPSA) is 49.4 Å². The highest BCUT2D eigenvalue weighted by Gasteiger charge is 2.29. The minimum absolute atomic E-state index is 0.00383. The number of nitrogens with zero attached hydrogens (tertiary/aromatic N) is 1. The molecule has 0 aromatic heterocycles. The fourth-order valence-electron chi connectivity index (χ4n) is 3.26. The van der Waals surface area contributed by atoms with Crippen LogP contribution in [0.25, 0.3) is 0 Å². The van der Waals surface area contributed by atoms with Gasteiger partial charge in [0.05, 0.1) is 0 Å². The van der Waals surface area contributed by atoms with Crippen molar-refractivity contribution in [2.45, 2.75) is 70.5 Å². The maximum absolute atomic E-state index is 13.3. The fourth-order valence-corrected chi connectivity index (χ4v) is 4.23. The summed E-state index contributed by atoms with van der Waals surface area (Å²) < 4.78 is 0. The van der Waals surface area contributed by atoms with Crippen LogP contribution in [0.2, 0.25) is 5.02 Å². The van der Waals surface area contributed by atoms with Gasteiger partial charge in [-0.3, -0.25) is 9.59 Å². The Hall–Kier alpha value is -1.98. The van der Waals surface area contributed by atoms with Crippen molar-refractivity contribution in [3.8, 4) is 0 Å². The van der Waals surface area contributed by atoms with E-state index >= 15 is 0 Å². The Labute approximate surface area is 195 Å². The van der Waals surface area contributed by atoms with Crippen molar-refractivity contribution in [3.05, 3.63) is 64.7 Å². The molecule has 0 bridgehead atoms. The van der Waals surface area contributed by atoms with Gasteiger partial charge in [-0.2, -0.15) is 0 Å². The van der Waals surface area contributed by atoms with Gasteiger partial charge >= 0.3 is 0 Å². The Bertz CT molecular complexity index is 857. The zero-order chi connectivity index (χ0) is 22.8. The van der Waals surface area contributed by atoms with Gasteiger partial charge in [-0.25, -0.2) is 0 Å². The monoisotopic (exact) mass is 460 g/mol. The van der Waals surface area contributed by atoms with Gasteiger partial charge in [0, 0.05) is 34.7 Å². The van der Waals surface area contributed by atoms with Crippen molar-refractivity contribution in [2.75, 3.05) is 5.75 Å². The lowest BCUT2D eigenvalue weighted by atomic mass is 10.1. The fraction of sp³-hybridized carbons (Fsp3) is 0.440. The van der Waals surface area contributed by atoms with Crippen LogP contribution in [0.15, 0.2) is 53.4 Å². The average molecular weight is 461 g/mol. The molecule has 31 heavy (non-hydrogen) atoms. The lowest BCUT2D eigenvalue weighted by Gasteiger charge is -2.32. The van der Waals surface area contributed by atoms with E-state index in [4.69, 9.17) is 11.6 Å². The minimum Gasteiger partial charge on any atom is -0.352 e. The summed E-state index contributed by atoms with van der Waals surface area (Å²) in [5, 5.41) is 3.75. The summed E-state index contributed by atoms with van der Waals surface area (Å²) in [6.45, 7) is 8.45. The van der Waals surface area contributed by atoms with E-state index in [0.29, 0.717) is 30.2 Å². The molecule has 2 aromatic carbocycles. The number of rotatable bonds is 11. The number of amides is 2. The molecule has 2 unspecified atom stereocenters. The quantitative estimate of drug-likeness (QED) is 0.427. The van der Waals surface area contributed by atoms with E-state index in [2.05, 4.69) is 5.32 Å². The summed E-state index contributed by atoms with van der Waals surface area (Å²) in [5.41, 5.74) is 2.18. The van der Waals surface area contributed by atoms with Crippen molar-refractivity contribution in [2.24, 2.45) is 0 Å². The van der Waals surface area contributed by atoms with Gasteiger partial charge in [-0.05, 0) is 62.1 Å². The number of carbonyl (C=O) groups excluding carboxylic acids is 2. The average Bonchev–Trinajstić information content (AvgIpc) is 2.76. The summed E-state index contributed by atoms with van der Waals surface area (Å²) in [7, 11) is 0. The summed E-state index contributed by atoms with van der Waals surface area (Å²) in [5.74, 6) is 0.564. The Morgan fingerprint density at radius 1 is 1.06 bits per heavy atom. The Morgan fingerprint density at radius 2 is 1.74 bits per heavy atom. The Morgan fingerprint density at radius 3 is 2.35 bits per heavy atom. The molecule has 0 aliphatic carbocycles. The van der Waals surface area contributed by atoms with Gasteiger partial charge in [0.15, 0.2) is 0 Å². The molecule has 0 saturated carbocycles. The van der Waals surface area contributed by atoms with E-state index in [1.165, 1.54) is 0 Å². The lowest BCUT2D eigenvalue weighted by Crippen LogP contribution is -2.50. The van der Waals surface area contributed by atoms with E-state index < -0.39 is 6.04 Å². The third-order valence-electron chi connectivity index (χ3n) is 5.39. The molecule has 0 radical (unpaired) electrons. The lowest BCUT2D eigenvalue weighted by molar-refractivity contribution is -0.141. The second-order valence-corrected chi connectivity index (χ2v) is 9.35. The molecule has 4 nitrogen and oxygen atoms in total. The smallest absolute Gasteiger partial charge is 0.243 e. The van der Waals surface area contributed by atoms with Crippen LogP contribution < -0.4 is 5.32 Å². The van der Waals surface area contributed by atoms with Crippen LogP contribution in [-0.2, 0) is 16.1 Å². The number of nitrogens with one attached hydrogen (secondary N) is 1. The van der Waals surface area contributed by atoms with Crippen molar-refractivity contribution in [1.29, 1.82) is 0 Å². The summed E-state index contributed by atoms with van der Waals surface area (Å²) in [6, 6.07) is 15.2. The number of thioether (sulfide) groups is 1. The maximum atomic E-state index is 13.3. The zero-order valence-electron chi connectivity index (χ0n) is 18.9. The number of aryl methyl sites for hydroxylation is 1. The molecule has 0 aliphatic heterocycles. The number of hydrogen-bond acceptors (Lipinski definition) is 3. The molecule has 0 saturated heterocycles. The second kappa shape index (κ2) is 12.8. The molecular weight excluding hydrogens is 428 g/mol. The van der Waals surface area contributed by atoms with Crippen molar-refractivity contribution < 1.29 is 9.59 Å². The third kappa shape index (κ3) is 7.89. The maximum Gasteiger partial charge on any atom is 0.243 e. The highest BCUT2D eigenvalue weighted by atomic mass is 35.5. The standard InChI is InChI=1S/C25H33ClN2O2S/c1-5-19(4)27-25(30)23(6-2)28(17-20-10-8-7-9-18(20)3)24(29)15-16-31-22-13-11-21(26)12-14-22/h7-14,19,23H,5-6,15-17H2,1-4H3,(H,27,30). The third-order valence-corrected chi connectivity index (χ3v) is 6.65. The van der Waals surface area contributed by atoms with E-state index in [1.54, 1.807) is 16.7 Å². The molecular formula is C25H33ClN2O2S. The molecule has 0 fully saturated rings. The molecule has 0 heterocycles. The predicted octanol–water partition coefficient (Wildman–Crippen LogP) is 5.85. The first kappa shape index (κ1) is 25.3. The SMILES string of the molecule is CCC(C)NC(=O)C(CC)N(Cc1ccccc1C)C(=O)CCSc1ccc(Cl)cc1. The van der Waals surface area contributed by atoms with E-state index in [-0.39, 0.29) is 17.9 Å². The summed E-state index contributed by atoms with van der Waals surface area (Å²) >= 11 is 7.57. The molecule has 2 rings (SSSR count).